The van der Waals surface area contributed by atoms with Gasteiger partial charge < -0.3 is 14.1 Å². The molecule has 0 radical (unpaired) electrons. The first-order valence-electron chi connectivity index (χ1n) is 4.40. The van der Waals surface area contributed by atoms with Gasteiger partial charge in [0.2, 0.25) is 0 Å². The fraction of sp³-hybridized carbons (Fsp3) is 0. The van der Waals surface area contributed by atoms with Gasteiger partial charge in [0.15, 0.2) is 0 Å². The first-order chi connectivity index (χ1) is 7.40. The lowest BCUT2D eigenvalue weighted by Gasteiger charge is -2.27. The van der Waals surface area contributed by atoms with E-state index in [9.17, 15) is 0 Å². The summed E-state index contributed by atoms with van der Waals surface area (Å²) in [5, 5.41) is 9.00. The lowest BCUT2D eigenvalue weighted by atomic mass is 10.0. The van der Waals surface area contributed by atoms with Gasteiger partial charge in [-0.1, -0.05) is 0 Å². The average Bonchev–Trinajstić information content (AvgIpc) is 2.76. The second kappa shape index (κ2) is 2.79. The number of ether oxygens (including phenoxy) is 1. The molecule has 1 aromatic heterocycles. The summed E-state index contributed by atoms with van der Waals surface area (Å²) in [4.78, 5) is 1.86. The van der Waals surface area contributed by atoms with E-state index in [1.807, 2.05) is 4.90 Å². The van der Waals surface area contributed by atoms with Gasteiger partial charge in [-0.2, -0.15) is 5.26 Å². The Balaban J connectivity index is 2.24. The summed E-state index contributed by atoms with van der Waals surface area (Å²) < 4.78 is 10.2. The van der Waals surface area contributed by atoms with Crippen molar-refractivity contribution < 1.29 is 9.15 Å². The fourth-order valence-corrected chi connectivity index (χ4v) is 1.66. The Bertz CT molecular complexity index is 543. The van der Waals surface area contributed by atoms with Crippen molar-refractivity contribution in [3.8, 4) is 6.07 Å². The lowest BCUT2D eigenvalue weighted by Crippen LogP contribution is -2.21. The van der Waals surface area contributed by atoms with E-state index in [1.165, 1.54) is 0 Å². The summed E-state index contributed by atoms with van der Waals surface area (Å²) in [6.45, 7) is 0. The minimum absolute atomic E-state index is 0.563. The van der Waals surface area contributed by atoms with Crippen molar-refractivity contribution in [2.45, 2.75) is 0 Å². The predicted molar refractivity (Wildman–Crippen MR) is 53.1 cm³/mol. The largest absolute Gasteiger partial charge is 0.470 e. The summed E-state index contributed by atoms with van der Waals surface area (Å²) in [5.41, 5.74) is 3.11. The summed E-state index contributed by atoms with van der Waals surface area (Å²) in [6, 6.07) is 2.13. The molecule has 1 aromatic rings. The number of nitriles is 1. The maximum Gasteiger partial charge on any atom is 0.116 e. The molecule has 0 aromatic carbocycles. The summed E-state index contributed by atoms with van der Waals surface area (Å²) in [6.07, 6.45) is 9.90. The van der Waals surface area contributed by atoms with Crippen LogP contribution in [0.1, 0.15) is 5.56 Å². The molecule has 0 atom stereocenters. The van der Waals surface area contributed by atoms with Crippen LogP contribution in [0.2, 0.25) is 0 Å². The maximum atomic E-state index is 9.00. The maximum absolute atomic E-state index is 9.00. The van der Waals surface area contributed by atoms with Crippen LogP contribution in [0.5, 0.6) is 0 Å². The Hall–Kier alpha value is -2.41. The van der Waals surface area contributed by atoms with Crippen LogP contribution in [0.25, 0.3) is 6.08 Å². The topological polar surface area (TPSA) is 49.4 Å². The van der Waals surface area contributed by atoms with Gasteiger partial charge in [-0.05, 0) is 6.08 Å². The quantitative estimate of drug-likeness (QED) is 0.642. The van der Waals surface area contributed by atoms with Crippen LogP contribution in [0.15, 0.2) is 46.9 Å². The van der Waals surface area contributed by atoms with E-state index in [0.717, 1.165) is 16.9 Å². The third-order valence-corrected chi connectivity index (χ3v) is 2.35. The van der Waals surface area contributed by atoms with E-state index < -0.39 is 0 Å². The van der Waals surface area contributed by atoms with Crippen LogP contribution in [0.3, 0.4) is 0 Å². The van der Waals surface area contributed by atoms with Gasteiger partial charge in [0.1, 0.15) is 24.9 Å². The lowest BCUT2D eigenvalue weighted by molar-refractivity contribution is 0.389. The van der Waals surface area contributed by atoms with Gasteiger partial charge in [0, 0.05) is 11.8 Å². The number of rotatable bonds is 0. The molecule has 3 rings (SSSR count). The summed E-state index contributed by atoms with van der Waals surface area (Å²) in [7, 11) is 0. The second-order valence-corrected chi connectivity index (χ2v) is 3.18. The Labute approximate surface area is 86.0 Å². The Morgan fingerprint density at radius 1 is 1.33 bits per heavy atom. The third-order valence-electron chi connectivity index (χ3n) is 2.35. The molecule has 4 heteroatoms. The highest BCUT2D eigenvalue weighted by molar-refractivity contribution is 5.82. The number of fused-ring (bicyclic) bond motifs is 3. The average molecular weight is 198 g/mol. The molecule has 72 valence electrons. The zero-order valence-electron chi connectivity index (χ0n) is 7.68. The molecular weight excluding hydrogens is 192 g/mol. The summed E-state index contributed by atoms with van der Waals surface area (Å²) in [5.74, 6) is 0. The smallest absolute Gasteiger partial charge is 0.116 e. The van der Waals surface area contributed by atoms with Crippen LogP contribution in [-0.2, 0) is 4.74 Å². The van der Waals surface area contributed by atoms with Crippen molar-refractivity contribution in [1.29, 1.82) is 5.26 Å². The zero-order valence-corrected chi connectivity index (χ0v) is 7.68. The number of furan rings is 1. The van der Waals surface area contributed by atoms with Crippen LogP contribution in [0, 0.1) is 11.3 Å². The van der Waals surface area contributed by atoms with Crippen molar-refractivity contribution >= 4 is 11.8 Å². The van der Waals surface area contributed by atoms with E-state index in [2.05, 4.69) is 6.07 Å². The molecule has 0 saturated carbocycles. The van der Waals surface area contributed by atoms with Gasteiger partial charge >= 0.3 is 0 Å². The van der Waals surface area contributed by atoms with E-state index in [0.29, 0.717) is 5.57 Å². The van der Waals surface area contributed by atoms with E-state index in [1.54, 1.807) is 37.3 Å². The predicted octanol–water partition coefficient (Wildman–Crippen LogP) is 2.35. The number of nitrogens with zero attached hydrogens (tertiary/aromatic N) is 2. The monoisotopic (exact) mass is 198 g/mol. The highest BCUT2D eigenvalue weighted by atomic mass is 16.5. The molecule has 0 amide bonds. The van der Waals surface area contributed by atoms with Crippen molar-refractivity contribution in [1.82, 2.24) is 0 Å². The van der Waals surface area contributed by atoms with Gasteiger partial charge in [0.25, 0.3) is 0 Å². The van der Waals surface area contributed by atoms with Gasteiger partial charge in [-0.25, -0.2) is 0 Å². The standard InChI is InChI=1S/C11H6N2O2/c12-4-8-3-9-5-15-7-11(9)13-1-2-14-6-10(8)13/h1-3,5-7H. The van der Waals surface area contributed by atoms with Crippen molar-refractivity contribution in [3.63, 3.8) is 0 Å². The van der Waals surface area contributed by atoms with Crippen LogP contribution in [0.4, 0.5) is 5.69 Å². The molecule has 0 saturated heterocycles. The fourth-order valence-electron chi connectivity index (χ4n) is 1.66. The van der Waals surface area contributed by atoms with Gasteiger partial charge in [-0.3, -0.25) is 0 Å². The Morgan fingerprint density at radius 2 is 2.27 bits per heavy atom. The van der Waals surface area contributed by atoms with Gasteiger partial charge in [0.05, 0.1) is 23.2 Å². The molecule has 0 unspecified atom stereocenters. The van der Waals surface area contributed by atoms with E-state index in [-0.39, 0.29) is 0 Å². The van der Waals surface area contributed by atoms with Crippen LogP contribution in [-0.4, -0.2) is 0 Å². The zero-order chi connectivity index (χ0) is 10.3. The van der Waals surface area contributed by atoms with Crippen LogP contribution < -0.4 is 4.90 Å². The minimum atomic E-state index is 0.563. The minimum Gasteiger partial charge on any atom is -0.470 e. The first-order valence-corrected chi connectivity index (χ1v) is 4.40. The van der Waals surface area contributed by atoms with E-state index >= 15 is 0 Å². The third kappa shape index (κ3) is 1.00. The summed E-state index contributed by atoms with van der Waals surface area (Å²) >= 11 is 0. The molecule has 3 heterocycles. The molecule has 0 fully saturated rings. The van der Waals surface area contributed by atoms with Crippen molar-refractivity contribution in [2.24, 2.45) is 0 Å². The normalized spacial score (nSPS) is 16.9. The highest BCUT2D eigenvalue weighted by Gasteiger charge is 2.25. The molecular formula is C11H6N2O2. The molecule has 0 bridgehead atoms. The van der Waals surface area contributed by atoms with Crippen molar-refractivity contribution in [3.05, 3.63) is 48.1 Å². The number of anilines is 1. The highest BCUT2D eigenvalue weighted by Crippen LogP contribution is 2.36. The molecule has 2 aliphatic heterocycles. The second-order valence-electron chi connectivity index (χ2n) is 3.18. The van der Waals surface area contributed by atoms with Gasteiger partial charge in [-0.15, -0.1) is 0 Å². The SMILES string of the molecule is N#CC1=Cc2cocc2N2C=COC=C12. The molecule has 4 nitrogen and oxygen atoms in total. The molecule has 15 heavy (non-hydrogen) atoms. The molecule has 0 spiro atoms. The van der Waals surface area contributed by atoms with E-state index in [4.69, 9.17) is 14.4 Å². The van der Waals surface area contributed by atoms with Crippen LogP contribution >= 0.6 is 0 Å². The number of hydrogen-bond donors (Lipinski definition) is 0. The Kier molecular flexibility index (Phi) is 1.48. The Morgan fingerprint density at radius 3 is 3.13 bits per heavy atom. The first kappa shape index (κ1) is 7.94. The molecule has 0 aliphatic carbocycles. The number of allylic oxidation sites excluding steroid dienone is 1. The van der Waals surface area contributed by atoms with Crippen molar-refractivity contribution in [2.75, 3.05) is 4.90 Å². The molecule has 0 N–H and O–H groups in total. The molecule has 2 aliphatic rings. The number of hydrogen-bond acceptors (Lipinski definition) is 4.